The molecule has 0 unspecified atom stereocenters. The van der Waals surface area contributed by atoms with Gasteiger partial charge in [-0.15, -0.1) is 12.4 Å². The molecule has 216 valence electrons. The Labute approximate surface area is 234 Å². The standard InChI is InChI=1S/C26H29F2N5O6.ClH/c1-14(29-2)26(37)39-13-38-23-21-25(36)33-10-17-4-3-7-32(17)20(33)12-31(21)11-18(22(23)34)24(35)30-9-15-5-6-16(27)8-19(15)28;/h5-6,8,11,14,17,20,29H,3-4,7,9-10,12-13H2,1-2H3,(H,30,35);1H/t14-,17+,20-;/m0./s1. The van der Waals surface area contributed by atoms with Crippen molar-refractivity contribution >= 4 is 30.2 Å². The molecule has 0 radical (unpaired) electrons. The molecule has 11 nitrogen and oxygen atoms in total. The van der Waals surface area contributed by atoms with Gasteiger partial charge in [0.2, 0.25) is 18.0 Å². The van der Waals surface area contributed by atoms with Crippen LogP contribution in [-0.4, -0.2) is 77.3 Å². The maximum absolute atomic E-state index is 14.1. The molecule has 1 aromatic heterocycles. The molecule has 2 N–H and O–H groups in total. The topological polar surface area (TPSA) is 122 Å². The number of carbonyl (C=O) groups excluding carboxylic acids is 3. The number of benzene rings is 1. The van der Waals surface area contributed by atoms with Gasteiger partial charge in [0, 0.05) is 43.5 Å². The Bertz CT molecular complexity index is 1390. The summed E-state index contributed by atoms with van der Waals surface area (Å²) in [6.45, 7) is 2.30. The number of aromatic nitrogens is 1. The Morgan fingerprint density at radius 3 is 2.70 bits per heavy atom. The van der Waals surface area contributed by atoms with E-state index >= 15 is 0 Å². The number of hydrogen-bond acceptors (Lipinski definition) is 8. The van der Waals surface area contributed by atoms with Crippen molar-refractivity contribution in [3.8, 4) is 5.75 Å². The van der Waals surface area contributed by atoms with Crippen LogP contribution in [-0.2, 0) is 22.6 Å². The SMILES string of the molecule is CN[C@@H](C)C(=O)OCOc1c2n(cc(C(=O)NCc3ccc(F)cc3F)c1=O)C[C@@H]1N(C[C@H]3CCCN31)C2=O.Cl. The number of rotatable bonds is 8. The van der Waals surface area contributed by atoms with Crippen molar-refractivity contribution in [2.24, 2.45) is 0 Å². The fourth-order valence-electron chi connectivity index (χ4n) is 5.33. The highest BCUT2D eigenvalue weighted by Gasteiger charge is 2.48. The molecule has 3 aliphatic rings. The molecule has 0 aliphatic carbocycles. The highest BCUT2D eigenvalue weighted by atomic mass is 35.5. The van der Waals surface area contributed by atoms with Gasteiger partial charge in [0.1, 0.15) is 29.4 Å². The van der Waals surface area contributed by atoms with Gasteiger partial charge in [-0.25, -0.2) is 8.78 Å². The number of fused-ring (bicyclic) bond motifs is 4. The first kappa shape index (κ1) is 29.4. The third-order valence-electron chi connectivity index (χ3n) is 7.52. The van der Waals surface area contributed by atoms with Gasteiger partial charge in [-0.3, -0.25) is 24.1 Å². The monoisotopic (exact) mass is 581 g/mol. The van der Waals surface area contributed by atoms with Gasteiger partial charge in [0.05, 0.1) is 6.54 Å². The second-order valence-electron chi connectivity index (χ2n) is 9.83. The van der Waals surface area contributed by atoms with Crippen LogP contribution < -0.4 is 20.8 Å². The van der Waals surface area contributed by atoms with Crippen molar-refractivity contribution in [1.29, 1.82) is 0 Å². The Kier molecular flexibility index (Phi) is 8.76. The predicted octanol–water partition coefficient (Wildman–Crippen LogP) is 1.23. The molecular weight excluding hydrogens is 552 g/mol. The number of amides is 2. The summed E-state index contributed by atoms with van der Waals surface area (Å²) < 4.78 is 39.5. The average molecular weight is 582 g/mol. The van der Waals surface area contributed by atoms with Crippen LogP contribution in [0.2, 0.25) is 0 Å². The first-order valence-corrected chi connectivity index (χ1v) is 12.7. The van der Waals surface area contributed by atoms with E-state index in [2.05, 4.69) is 15.5 Å². The number of halogens is 3. The zero-order chi connectivity index (χ0) is 27.8. The van der Waals surface area contributed by atoms with E-state index in [9.17, 15) is 28.0 Å². The second-order valence-corrected chi connectivity index (χ2v) is 9.83. The van der Waals surface area contributed by atoms with Gasteiger partial charge < -0.3 is 29.6 Å². The second kappa shape index (κ2) is 11.9. The van der Waals surface area contributed by atoms with Crippen LogP contribution in [0.3, 0.4) is 0 Å². The molecule has 2 aromatic rings. The van der Waals surface area contributed by atoms with Crippen LogP contribution in [0.5, 0.6) is 5.75 Å². The molecule has 0 spiro atoms. The minimum atomic E-state index is -0.873. The molecule has 3 aliphatic heterocycles. The van der Waals surface area contributed by atoms with Crippen molar-refractivity contribution in [3.05, 3.63) is 63.1 Å². The smallest absolute Gasteiger partial charge is 0.325 e. The lowest BCUT2D eigenvalue weighted by Gasteiger charge is -2.36. The number of ether oxygens (including phenoxy) is 2. The van der Waals surface area contributed by atoms with Gasteiger partial charge in [-0.2, -0.15) is 0 Å². The van der Waals surface area contributed by atoms with Crippen LogP contribution in [0.25, 0.3) is 0 Å². The normalized spacial score (nSPS) is 20.2. The lowest BCUT2D eigenvalue weighted by Crippen LogP contribution is -2.50. The highest BCUT2D eigenvalue weighted by Crippen LogP contribution is 2.35. The lowest BCUT2D eigenvalue weighted by atomic mass is 10.1. The largest absolute Gasteiger partial charge is 0.451 e. The van der Waals surface area contributed by atoms with E-state index in [1.807, 2.05) is 0 Å². The zero-order valence-corrected chi connectivity index (χ0v) is 22.8. The van der Waals surface area contributed by atoms with Crippen molar-refractivity contribution < 1.29 is 32.6 Å². The first-order valence-electron chi connectivity index (χ1n) is 12.7. The van der Waals surface area contributed by atoms with Crippen molar-refractivity contribution in [2.75, 3.05) is 26.9 Å². The van der Waals surface area contributed by atoms with Gasteiger partial charge >= 0.3 is 5.97 Å². The van der Waals surface area contributed by atoms with E-state index in [0.29, 0.717) is 19.2 Å². The Morgan fingerprint density at radius 1 is 1.20 bits per heavy atom. The number of nitrogens with zero attached hydrogens (tertiary/aromatic N) is 3. The minimum Gasteiger partial charge on any atom is -0.451 e. The minimum absolute atomic E-state index is 0. The molecule has 4 heterocycles. The fourth-order valence-corrected chi connectivity index (χ4v) is 5.33. The lowest BCUT2D eigenvalue weighted by molar-refractivity contribution is -0.152. The summed E-state index contributed by atoms with van der Waals surface area (Å²) in [6.07, 6.45) is 3.06. The van der Waals surface area contributed by atoms with Crippen LogP contribution in [0.15, 0.2) is 29.2 Å². The molecule has 5 rings (SSSR count). The molecule has 40 heavy (non-hydrogen) atoms. The third kappa shape index (κ3) is 5.40. The quantitative estimate of drug-likeness (QED) is 0.353. The van der Waals surface area contributed by atoms with E-state index in [1.165, 1.54) is 16.8 Å². The van der Waals surface area contributed by atoms with E-state index in [0.717, 1.165) is 25.5 Å². The molecule has 3 atom stereocenters. The number of nitrogens with one attached hydrogen (secondary N) is 2. The van der Waals surface area contributed by atoms with Crippen LogP contribution in [0.1, 0.15) is 46.2 Å². The molecule has 1 aromatic carbocycles. The molecule has 0 saturated carbocycles. The molecular formula is C26H30ClF2N5O6. The third-order valence-corrected chi connectivity index (χ3v) is 7.52. The number of hydrogen-bond donors (Lipinski definition) is 2. The van der Waals surface area contributed by atoms with Gasteiger partial charge in [-0.1, -0.05) is 6.07 Å². The van der Waals surface area contributed by atoms with Gasteiger partial charge in [0.15, 0.2) is 5.69 Å². The van der Waals surface area contributed by atoms with E-state index < -0.39 is 53.4 Å². The Morgan fingerprint density at radius 2 is 1.98 bits per heavy atom. The van der Waals surface area contributed by atoms with E-state index in [-0.39, 0.29) is 48.0 Å². The zero-order valence-electron chi connectivity index (χ0n) is 21.9. The Hall–Kier alpha value is -3.55. The number of esters is 1. The van der Waals surface area contributed by atoms with Crippen molar-refractivity contribution in [1.82, 2.24) is 25.0 Å². The fraction of sp³-hybridized carbons (Fsp3) is 0.462. The number of pyridine rings is 1. The number of likely N-dealkylation sites (N-methyl/N-ethyl adjacent to an activating group) is 1. The summed E-state index contributed by atoms with van der Waals surface area (Å²) in [5, 5.41) is 5.20. The Balaban J connectivity index is 0.00000370. The van der Waals surface area contributed by atoms with Crippen LogP contribution >= 0.6 is 12.4 Å². The van der Waals surface area contributed by atoms with E-state index in [1.54, 1.807) is 18.9 Å². The van der Waals surface area contributed by atoms with Crippen molar-refractivity contribution in [3.63, 3.8) is 0 Å². The van der Waals surface area contributed by atoms with Crippen molar-refractivity contribution in [2.45, 2.75) is 51.1 Å². The molecule has 14 heteroatoms. The van der Waals surface area contributed by atoms with Gasteiger partial charge in [-0.05, 0) is 32.9 Å². The van der Waals surface area contributed by atoms with Crippen LogP contribution in [0.4, 0.5) is 8.78 Å². The summed E-state index contributed by atoms with van der Waals surface area (Å²) in [6, 6.07) is 2.54. The molecule has 0 bridgehead atoms. The van der Waals surface area contributed by atoms with E-state index in [4.69, 9.17) is 9.47 Å². The highest BCUT2D eigenvalue weighted by molar-refractivity contribution is 5.99. The first-order chi connectivity index (χ1) is 18.7. The summed E-state index contributed by atoms with van der Waals surface area (Å²) >= 11 is 0. The summed E-state index contributed by atoms with van der Waals surface area (Å²) in [4.78, 5) is 56.1. The molecule has 2 saturated heterocycles. The summed E-state index contributed by atoms with van der Waals surface area (Å²) in [5.74, 6) is -3.88. The molecule has 2 fully saturated rings. The molecule has 2 amide bonds. The maximum Gasteiger partial charge on any atom is 0.325 e. The average Bonchev–Trinajstić information content (AvgIpc) is 3.51. The summed E-state index contributed by atoms with van der Waals surface area (Å²) in [7, 11) is 1.58. The van der Waals surface area contributed by atoms with Crippen LogP contribution in [0, 0.1) is 11.6 Å². The number of carbonyl (C=O) groups is 3. The predicted molar refractivity (Wildman–Crippen MR) is 140 cm³/mol. The van der Waals surface area contributed by atoms with Gasteiger partial charge in [0.25, 0.3) is 11.8 Å². The summed E-state index contributed by atoms with van der Waals surface area (Å²) in [5.41, 5.74) is -1.20. The maximum atomic E-state index is 14.1.